The number of fused-ring (bicyclic) bond motifs is 1. The lowest BCUT2D eigenvalue weighted by molar-refractivity contribution is 0.100. The number of carbonyl (C=O) groups is 1. The molecule has 0 spiro atoms. The lowest BCUT2D eigenvalue weighted by Crippen LogP contribution is -2.36. The summed E-state index contributed by atoms with van der Waals surface area (Å²) < 4.78 is 2.24. The number of aromatic nitrogens is 1. The third-order valence-corrected chi connectivity index (χ3v) is 4.92. The molecule has 1 fully saturated rings. The largest absolute Gasteiger partial charge is 0.369 e. The van der Waals surface area contributed by atoms with Gasteiger partial charge in [-0.15, -0.1) is 0 Å². The van der Waals surface area contributed by atoms with Crippen LogP contribution in [0.5, 0.6) is 0 Å². The second-order valence-corrected chi connectivity index (χ2v) is 6.41. The van der Waals surface area contributed by atoms with E-state index in [0.29, 0.717) is 11.6 Å². The molecule has 0 saturated carbocycles. The lowest BCUT2D eigenvalue weighted by Gasteiger charge is -2.35. The van der Waals surface area contributed by atoms with Gasteiger partial charge in [-0.05, 0) is 31.0 Å². The summed E-state index contributed by atoms with van der Waals surface area (Å²) in [5.41, 5.74) is 8.54. The molecule has 4 heteroatoms. The summed E-state index contributed by atoms with van der Waals surface area (Å²) in [5.74, 6) is -0.360. The first kappa shape index (κ1) is 14.8. The Morgan fingerprint density at radius 1 is 1.04 bits per heavy atom. The van der Waals surface area contributed by atoms with Crippen molar-refractivity contribution in [2.75, 3.05) is 18.0 Å². The molecule has 1 saturated heterocycles. The zero-order chi connectivity index (χ0) is 16.5. The van der Waals surface area contributed by atoms with Gasteiger partial charge in [0, 0.05) is 35.9 Å². The summed E-state index contributed by atoms with van der Waals surface area (Å²) in [6.07, 6.45) is 4.18. The van der Waals surface area contributed by atoms with E-state index in [1.165, 1.54) is 5.69 Å². The van der Waals surface area contributed by atoms with Crippen LogP contribution in [0.25, 0.3) is 10.9 Å². The van der Waals surface area contributed by atoms with Crippen molar-refractivity contribution in [2.24, 2.45) is 5.73 Å². The molecule has 2 heterocycles. The molecule has 122 valence electrons. The summed E-state index contributed by atoms with van der Waals surface area (Å²) in [4.78, 5) is 14.2. The molecule has 1 aliphatic rings. The molecular formula is C20H21N3O. The fourth-order valence-corrected chi connectivity index (χ4v) is 3.76. The minimum absolute atomic E-state index is 0.344. The molecule has 1 aromatic heterocycles. The first-order chi connectivity index (χ1) is 11.7. The third-order valence-electron chi connectivity index (χ3n) is 4.92. The summed E-state index contributed by atoms with van der Waals surface area (Å²) in [6.45, 7) is 2.02. The van der Waals surface area contributed by atoms with E-state index < -0.39 is 0 Å². The van der Waals surface area contributed by atoms with E-state index in [2.05, 4.69) is 39.8 Å². The number of nitrogens with zero attached hydrogens (tertiary/aromatic N) is 2. The van der Waals surface area contributed by atoms with Crippen molar-refractivity contribution in [1.29, 1.82) is 0 Å². The van der Waals surface area contributed by atoms with Crippen LogP contribution in [-0.4, -0.2) is 23.6 Å². The fraction of sp³-hybridized carbons (Fsp3) is 0.250. The maximum absolute atomic E-state index is 11.8. The van der Waals surface area contributed by atoms with E-state index >= 15 is 0 Å². The Morgan fingerprint density at radius 3 is 2.58 bits per heavy atom. The highest BCUT2D eigenvalue weighted by atomic mass is 16.1. The molecule has 1 aliphatic heterocycles. The highest BCUT2D eigenvalue weighted by Crippen LogP contribution is 2.31. The minimum atomic E-state index is -0.360. The first-order valence-corrected chi connectivity index (χ1v) is 8.43. The van der Waals surface area contributed by atoms with E-state index in [-0.39, 0.29) is 5.91 Å². The van der Waals surface area contributed by atoms with Gasteiger partial charge in [0.2, 0.25) is 0 Å². The van der Waals surface area contributed by atoms with Crippen LogP contribution in [0.3, 0.4) is 0 Å². The van der Waals surface area contributed by atoms with E-state index in [0.717, 1.165) is 36.8 Å². The van der Waals surface area contributed by atoms with E-state index in [4.69, 9.17) is 5.73 Å². The van der Waals surface area contributed by atoms with E-state index in [1.807, 2.05) is 30.5 Å². The van der Waals surface area contributed by atoms with Gasteiger partial charge in [-0.3, -0.25) is 4.79 Å². The Kier molecular flexibility index (Phi) is 3.73. The highest BCUT2D eigenvalue weighted by Gasteiger charge is 2.24. The van der Waals surface area contributed by atoms with Gasteiger partial charge in [0.1, 0.15) is 0 Å². The van der Waals surface area contributed by atoms with Gasteiger partial charge in [0.25, 0.3) is 5.91 Å². The van der Waals surface area contributed by atoms with Crippen molar-refractivity contribution in [1.82, 2.24) is 4.57 Å². The predicted octanol–water partition coefficient (Wildman–Crippen LogP) is 3.58. The molecule has 1 atom stereocenters. The van der Waals surface area contributed by atoms with Crippen LogP contribution >= 0.6 is 0 Å². The van der Waals surface area contributed by atoms with Gasteiger partial charge in [0.05, 0.1) is 11.6 Å². The number of amides is 1. The number of piperidine rings is 1. The van der Waals surface area contributed by atoms with Crippen LogP contribution in [-0.2, 0) is 0 Å². The van der Waals surface area contributed by atoms with Crippen LogP contribution in [0, 0.1) is 0 Å². The molecule has 4 rings (SSSR count). The Hall–Kier alpha value is -2.75. The fourth-order valence-electron chi connectivity index (χ4n) is 3.76. The summed E-state index contributed by atoms with van der Waals surface area (Å²) >= 11 is 0. The molecule has 2 N–H and O–H groups in total. The van der Waals surface area contributed by atoms with Crippen molar-refractivity contribution >= 4 is 22.5 Å². The molecule has 0 aliphatic carbocycles. The van der Waals surface area contributed by atoms with Crippen LogP contribution in [0.15, 0.2) is 60.8 Å². The Balaban J connectivity index is 1.71. The van der Waals surface area contributed by atoms with Crippen molar-refractivity contribution in [3.8, 4) is 0 Å². The first-order valence-electron chi connectivity index (χ1n) is 8.43. The van der Waals surface area contributed by atoms with Gasteiger partial charge in [-0.1, -0.05) is 36.4 Å². The number of nitrogens with two attached hydrogens (primary N) is 1. The number of hydrogen-bond donors (Lipinski definition) is 1. The molecule has 0 radical (unpaired) electrons. The molecule has 1 amide bonds. The number of hydrogen-bond acceptors (Lipinski definition) is 2. The monoisotopic (exact) mass is 319 g/mol. The van der Waals surface area contributed by atoms with Crippen LogP contribution in [0.4, 0.5) is 5.69 Å². The summed E-state index contributed by atoms with van der Waals surface area (Å²) in [5, 5.41) is 0.946. The van der Waals surface area contributed by atoms with Crippen LogP contribution in [0.2, 0.25) is 0 Å². The van der Waals surface area contributed by atoms with Gasteiger partial charge in [-0.25, -0.2) is 0 Å². The summed E-state index contributed by atoms with van der Waals surface area (Å²) in [7, 11) is 0. The second-order valence-electron chi connectivity index (χ2n) is 6.41. The molecule has 4 nitrogen and oxygen atoms in total. The molecule has 24 heavy (non-hydrogen) atoms. The van der Waals surface area contributed by atoms with E-state index in [1.54, 1.807) is 0 Å². The normalized spacial score (nSPS) is 18.0. The quantitative estimate of drug-likeness (QED) is 0.802. The topological polar surface area (TPSA) is 51.3 Å². The van der Waals surface area contributed by atoms with Crippen molar-refractivity contribution in [3.05, 3.63) is 66.4 Å². The molecule has 3 aromatic rings. The van der Waals surface area contributed by atoms with Crippen molar-refractivity contribution in [2.45, 2.75) is 18.9 Å². The zero-order valence-electron chi connectivity index (χ0n) is 13.6. The van der Waals surface area contributed by atoms with Crippen molar-refractivity contribution < 1.29 is 4.79 Å². The summed E-state index contributed by atoms with van der Waals surface area (Å²) in [6, 6.07) is 18.9. The number of benzene rings is 2. The maximum atomic E-state index is 11.8. The van der Waals surface area contributed by atoms with Gasteiger partial charge < -0.3 is 15.2 Å². The molecule has 0 unspecified atom stereocenters. The highest BCUT2D eigenvalue weighted by molar-refractivity contribution is 6.06. The molecule has 0 bridgehead atoms. The van der Waals surface area contributed by atoms with Crippen LogP contribution < -0.4 is 10.6 Å². The number of primary amides is 1. The molecular weight excluding hydrogens is 298 g/mol. The Bertz CT molecular complexity index is 869. The van der Waals surface area contributed by atoms with Gasteiger partial charge in [-0.2, -0.15) is 0 Å². The standard InChI is InChI=1S/C20H21N3O/c21-20(24)18-14-23(19-11-5-4-10-17(18)19)16-9-6-12-22(13-16)15-7-2-1-3-8-15/h1-5,7-8,10-11,14,16H,6,9,12-13H2,(H2,21,24)/t16-/m0/s1. The Morgan fingerprint density at radius 2 is 1.79 bits per heavy atom. The van der Waals surface area contributed by atoms with Gasteiger partial charge >= 0.3 is 0 Å². The SMILES string of the molecule is NC(=O)c1cn([C@H]2CCCN(c3ccccc3)C2)c2ccccc12. The minimum Gasteiger partial charge on any atom is -0.369 e. The zero-order valence-corrected chi connectivity index (χ0v) is 13.6. The maximum Gasteiger partial charge on any atom is 0.250 e. The number of para-hydroxylation sites is 2. The predicted molar refractivity (Wildman–Crippen MR) is 97.4 cm³/mol. The average Bonchev–Trinajstić information content (AvgIpc) is 3.03. The van der Waals surface area contributed by atoms with Crippen LogP contribution in [0.1, 0.15) is 29.2 Å². The number of carbonyl (C=O) groups excluding carboxylic acids is 1. The lowest BCUT2D eigenvalue weighted by atomic mass is 10.0. The number of rotatable bonds is 3. The van der Waals surface area contributed by atoms with Gasteiger partial charge in [0.15, 0.2) is 0 Å². The Labute approximate surface area is 141 Å². The second kappa shape index (κ2) is 6.04. The number of anilines is 1. The van der Waals surface area contributed by atoms with Crippen molar-refractivity contribution in [3.63, 3.8) is 0 Å². The average molecular weight is 319 g/mol. The molecule has 2 aromatic carbocycles. The van der Waals surface area contributed by atoms with E-state index in [9.17, 15) is 4.79 Å². The third kappa shape index (κ3) is 2.54. The smallest absolute Gasteiger partial charge is 0.250 e.